The molecule has 2 N–H and O–H groups in total. The number of nitrogens with zero attached hydrogens (tertiary/aromatic N) is 1. The predicted molar refractivity (Wildman–Crippen MR) is 77.0 cm³/mol. The van der Waals surface area contributed by atoms with E-state index in [1.165, 1.54) is 12.1 Å². The van der Waals surface area contributed by atoms with E-state index < -0.39 is 4.92 Å². The summed E-state index contributed by atoms with van der Waals surface area (Å²) in [5.41, 5.74) is 7.64. The second-order valence-corrected chi connectivity index (χ2v) is 4.67. The van der Waals surface area contributed by atoms with Crippen LogP contribution in [0.4, 0.5) is 5.69 Å². The summed E-state index contributed by atoms with van der Waals surface area (Å²) in [5, 5.41) is 10.8. The highest BCUT2D eigenvalue weighted by Gasteiger charge is 2.10. The molecule has 0 bridgehead atoms. The van der Waals surface area contributed by atoms with Crippen LogP contribution in [0.5, 0.6) is 11.5 Å². The number of nitrogens with two attached hydrogens (primary N) is 1. The summed E-state index contributed by atoms with van der Waals surface area (Å²) in [6.07, 6.45) is 0. The summed E-state index contributed by atoms with van der Waals surface area (Å²) in [7, 11) is 0. The van der Waals surface area contributed by atoms with E-state index in [4.69, 9.17) is 10.5 Å². The fourth-order valence-electron chi connectivity index (χ4n) is 1.78. The van der Waals surface area contributed by atoms with Gasteiger partial charge in [0, 0.05) is 12.1 Å². The van der Waals surface area contributed by atoms with Crippen LogP contribution in [-0.4, -0.2) is 4.92 Å². The van der Waals surface area contributed by atoms with Crippen molar-refractivity contribution < 1.29 is 9.66 Å². The van der Waals surface area contributed by atoms with E-state index >= 15 is 0 Å². The number of aryl methyl sites for hydroxylation is 1. The molecule has 0 aliphatic rings. The fourth-order valence-corrected chi connectivity index (χ4v) is 1.78. The first-order valence-electron chi connectivity index (χ1n) is 6.26. The summed E-state index contributed by atoms with van der Waals surface area (Å²) in [6.45, 7) is 3.75. The molecule has 0 radical (unpaired) electrons. The first-order chi connectivity index (χ1) is 9.47. The molecule has 5 heteroatoms. The molecule has 0 amide bonds. The van der Waals surface area contributed by atoms with Crippen LogP contribution in [0, 0.1) is 17.0 Å². The maximum atomic E-state index is 10.8. The molecular formula is C15H16N2O3. The normalized spacial score (nSPS) is 11.9. The number of benzene rings is 2. The number of hydrogen-bond donors (Lipinski definition) is 1. The number of nitro benzene ring substituents is 1. The standard InChI is InChI=1S/C15H16N2O3/c1-10-3-6-13(17(18)19)9-15(10)20-14-7-4-12(5-8-14)11(2)16/h3-9,11H,16H2,1-2H3/t11-/m0/s1. The van der Waals surface area contributed by atoms with Gasteiger partial charge in [-0.15, -0.1) is 0 Å². The molecule has 0 saturated heterocycles. The molecule has 2 rings (SSSR count). The molecule has 0 saturated carbocycles. The third-order valence-electron chi connectivity index (χ3n) is 3.02. The Bertz CT molecular complexity index is 622. The highest BCUT2D eigenvalue weighted by Crippen LogP contribution is 2.29. The van der Waals surface area contributed by atoms with Crippen LogP contribution in [-0.2, 0) is 0 Å². The fraction of sp³-hybridized carbons (Fsp3) is 0.200. The Morgan fingerprint density at radius 2 is 1.85 bits per heavy atom. The van der Waals surface area contributed by atoms with E-state index in [0.717, 1.165) is 11.1 Å². The van der Waals surface area contributed by atoms with Crippen LogP contribution < -0.4 is 10.5 Å². The molecule has 0 spiro atoms. The Morgan fingerprint density at radius 1 is 1.20 bits per heavy atom. The first kappa shape index (κ1) is 14.0. The molecule has 5 nitrogen and oxygen atoms in total. The second kappa shape index (κ2) is 5.71. The van der Waals surface area contributed by atoms with Crippen LogP contribution in [0.15, 0.2) is 42.5 Å². The molecule has 1 atom stereocenters. The summed E-state index contributed by atoms with van der Waals surface area (Å²) in [5.74, 6) is 1.10. The molecule has 0 aliphatic heterocycles. The smallest absolute Gasteiger partial charge is 0.273 e. The lowest BCUT2D eigenvalue weighted by Gasteiger charge is -2.10. The van der Waals surface area contributed by atoms with Gasteiger partial charge < -0.3 is 10.5 Å². The highest BCUT2D eigenvalue weighted by atomic mass is 16.6. The lowest BCUT2D eigenvalue weighted by molar-refractivity contribution is -0.384. The van der Waals surface area contributed by atoms with Gasteiger partial charge in [0.05, 0.1) is 11.0 Å². The van der Waals surface area contributed by atoms with Crippen LogP contribution in [0.25, 0.3) is 0 Å². The number of nitro groups is 1. The van der Waals surface area contributed by atoms with Gasteiger partial charge in [-0.2, -0.15) is 0 Å². The summed E-state index contributed by atoms with van der Waals surface area (Å²) < 4.78 is 5.69. The number of hydrogen-bond acceptors (Lipinski definition) is 4. The Balaban J connectivity index is 2.25. The van der Waals surface area contributed by atoms with E-state index in [-0.39, 0.29) is 11.7 Å². The minimum atomic E-state index is -0.439. The Morgan fingerprint density at radius 3 is 2.40 bits per heavy atom. The zero-order valence-corrected chi connectivity index (χ0v) is 11.4. The Kier molecular flexibility index (Phi) is 4.00. The van der Waals surface area contributed by atoms with Crippen LogP contribution in [0.3, 0.4) is 0 Å². The van der Waals surface area contributed by atoms with Gasteiger partial charge in [-0.3, -0.25) is 10.1 Å². The van der Waals surface area contributed by atoms with Crippen molar-refractivity contribution in [3.63, 3.8) is 0 Å². The lowest BCUT2D eigenvalue weighted by atomic mass is 10.1. The second-order valence-electron chi connectivity index (χ2n) is 4.67. The molecule has 0 aromatic heterocycles. The predicted octanol–water partition coefficient (Wildman–Crippen LogP) is 3.72. The van der Waals surface area contributed by atoms with Crippen LogP contribution >= 0.6 is 0 Å². The summed E-state index contributed by atoms with van der Waals surface area (Å²) in [4.78, 5) is 10.3. The van der Waals surface area contributed by atoms with Crippen molar-refractivity contribution in [2.24, 2.45) is 5.73 Å². The minimum Gasteiger partial charge on any atom is -0.457 e. The largest absolute Gasteiger partial charge is 0.457 e. The molecular weight excluding hydrogens is 256 g/mol. The number of rotatable bonds is 4. The third kappa shape index (κ3) is 3.13. The van der Waals surface area contributed by atoms with Crippen LogP contribution in [0.2, 0.25) is 0 Å². The van der Waals surface area contributed by atoms with E-state index in [1.807, 2.05) is 26.0 Å². The van der Waals surface area contributed by atoms with E-state index in [0.29, 0.717) is 11.5 Å². The molecule has 20 heavy (non-hydrogen) atoms. The van der Waals surface area contributed by atoms with Crippen molar-refractivity contribution in [1.82, 2.24) is 0 Å². The van der Waals surface area contributed by atoms with Crippen molar-refractivity contribution >= 4 is 5.69 Å². The number of non-ortho nitro benzene ring substituents is 1. The highest BCUT2D eigenvalue weighted by molar-refractivity contribution is 5.46. The van der Waals surface area contributed by atoms with Crippen molar-refractivity contribution in [3.8, 4) is 11.5 Å². The molecule has 0 unspecified atom stereocenters. The number of ether oxygens (including phenoxy) is 1. The molecule has 0 aliphatic carbocycles. The Hall–Kier alpha value is -2.40. The van der Waals surface area contributed by atoms with E-state index in [2.05, 4.69) is 0 Å². The van der Waals surface area contributed by atoms with Gasteiger partial charge in [0.25, 0.3) is 5.69 Å². The summed E-state index contributed by atoms with van der Waals surface area (Å²) >= 11 is 0. The lowest BCUT2D eigenvalue weighted by Crippen LogP contribution is -2.04. The molecule has 0 heterocycles. The molecule has 2 aromatic carbocycles. The average molecular weight is 272 g/mol. The summed E-state index contributed by atoms with van der Waals surface area (Å²) in [6, 6.07) is 11.9. The quantitative estimate of drug-likeness (QED) is 0.679. The van der Waals surface area contributed by atoms with Crippen molar-refractivity contribution in [1.29, 1.82) is 0 Å². The SMILES string of the molecule is Cc1ccc([N+](=O)[O-])cc1Oc1ccc([C@H](C)N)cc1. The van der Waals surface area contributed by atoms with Gasteiger partial charge in [-0.25, -0.2) is 0 Å². The monoisotopic (exact) mass is 272 g/mol. The van der Waals surface area contributed by atoms with E-state index in [9.17, 15) is 10.1 Å². The topological polar surface area (TPSA) is 78.4 Å². The van der Waals surface area contributed by atoms with Gasteiger partial charge in [0.15, 0.2) is 0 Å². The van der Waals surface area contributed by atoms with Crippen molar-refractivity contribution in [3.05, 3.63) is 63.7 Å². The molecule has 2 aromatic rings. The average Bonchev–Trinajstić information content (AvgIpc) is 2.41. The van der Waals surface area contributed by atoms with Crippen molar-refractivity contribution in [2.45, 2.75) is 19.9 Å². The van der Waals surface area contributed by atoms with Gasteiger partial charge in [-0.1, -0.05) is 12.1 Å². The van der Waals surface area contributed by atoms with Gasteiger partial charge >= 0.3 is 0 Å². The Labute approximate surface area is 117 Å². The zero-order chi connectivity index (χ0) is 14.7. The maximum Gasteiger partial charge on any atom is 0.273 e. The van der Waals surface area contributed by atoms with Crippen molar-refractivity contribution in [2.75, 3.05) is 0 Å². The van der Waals surface area contributed by atoms with Gasteiger partial charge in [-0.05, 0) is 43.2 Å². The minimum absolute atomic E-state index is 0.0119. The van der Waals surface area contributed by atoms with Crippen LogP contribution in [0.1, 0.15) is 24.1 Å². The zero-order valence-electron chi connectivity index (χ0n) is 11.4. The maximum absolute atomic E-state index is 10.8. The van der Waals surface area contributed by atoms with Gasteiger partial charge in [0.1, 0.15) is 11.5 Å². The van der Waals surface area contributed by atoms with Gasteiger partial charge in [0.2, 0.25) is 0 Å². The van der Waals surface area contributed by atoms with E-state index in [1.54, 1.807) is 18.2 Å². The first-order valence-corrected chi connectivity index (χ1v) is 6.26. The third-order valence-corrected chi connectivity index (χ3v) is 3.02. The molecule has 104 valence electrons. The molecule has 0 fully saturated rings.